The number of halogens is 2. The van der Waals surface area contributed by atoms with E-state index in [1.165, 1.54) is 11.1 Å². The lowest BCUT2D eigenvalue weighted by molar-refractivity contribution is 1.13. The quantitative estimate of drug-likeness (QED) is 0.303. The number of hydrogen-bond acceptors (Lipinski definition) is 1. The van der Waals surface area contributed by atoms with Crippen molar-refractivity contribution in [3.63, 3.8) is 0 Å². The van der Waals surface area contributed by atoms with Crippen LogP contribution in [0.1, 0.15) is 0 Å². The van der Waals surface area contributed by atoms with Gasteiger partial charge < -0.3 is 11.1 Å². The first-order valence-electron chi connectivity index (χ1n) is 6.18. The van der Waals surface area contributed by atoms with Gasteiger partial charge in [0.1, 0.15) is 0 Å². The molecule has 0 heterocycles. The lowest BCUT2D eigenvalue weighted by Gasteiger charge is -2.05. The number of rotatable bonds is 3. The molecule has 104 valence electrons. The lowest BCUT2D eigenvalue weighted by Crippen LogP contribution is -2.23. The summed E-state index contributed by atoms with van der Waals surface area (Å²) < 4.78 is 1.15. The molecular formula is C15H15ClIN3. The van der Waals surface area contributed by atoms with Gasteiger partial charge in [-0.05, 0) is 58.0 Å². The van der Waals surface area contributed by atoms with E-state index in [1.807, 2.05) is 24.3 Å². The first-order chi connectivity index (χ1) is 9.69. The van der Waals surface area contributed by atoms with Gasteiger partial charge in [-0.2, -0.15) is 0 Å². The second kappa shape index (κ2) is 7.50. The predicted molar refractivity (Wildman–Crippen MR) is 95.4 cm³/mol. The molecule has 0 aliphatic heterocycles. The van der Waals surface area contributed by atoms with Crippen LogP contribution in [0.25, 0.3) is 11.1 Å². The van der Waals surface area contributed by atoms with Crippen LogP contribution in [-0.4, -0.2) is 18.4 Å². The number of anilines is 1. The van der Waals surface area contributed by atoms with Crippen molar-refractivity contribution in [1.82, 2.24) is 0 Å². The summed E-state index contributed by atoms with van der Waals surface area (Å²) in [6.45, 7) is 0.532. The first-order valence-corrected chi connectivity index (χ1v) is 7.79. The van der Waals surface area contributed by atoms with E-state index in [9.17, 15) is 0 Å². The Balaban J connectivity index is 0.000000198. The molecular weight excluding hydrogens is 385 g/mol. The topological polar surface area (TPSA) is 50.4 Å². The Morgan fingerprint density at radius 3 is 2.35 bits per heavy atom. The van der Waals surface area contributed by atoms with Crippen molar-refractivity contribution in [2.24, 2.45) is 10.7 Å². The minimum atomic E-state index is 0.396. The van der Waals surface area contributed by atoms with Crippen molar-refractivity contribution in [3.05, 3.63) is 52.1 Å². The standard InChI is InChI=1S/C9H11ClIN3.C6H4/c10-4-5-13-9(12)14-8-3-1-2-7(11)6-8;1-2-5-4-6(5)3-1/h1-3,6H,4-5H2,(H3,12,13,14);1-4H. The summed E-state index contributed by atoms with van der Waals surface area (Å²) in [4.78, 5) is 4.02. The van der Waals surface area contributed by atoms with Crippen LogP contribution in [0.15, 0.2) is 53.5 Å². The van der Waals surface area contributed by atoms with Gasteiger partial charge in [0.25, 0.3) is 0 Å². The zero-order chi connectivity index (χ0) is 14.4. The third kappa shape index (κ3) is 5.02. The predicted octanol–water partition coefficient (Wildman–Crippen LogP) is 3.92. The fourth-order valence-electron chi connectivity index (χ4n) is 1.59. The highest BCUT2D eigenvalue weighted by Gasteiger charge is 2.06. The summed E-state index contributed by atoms with van der Waals surface area (Å²) in [5.41, 5.74) is 9.41. The fraction of sp³-hybridized carbons (Fsp3) is 0.133. The normalized spacial score (nSPS) is 11.4. The summed E-state index contributed by atoms with van der Waals surface area (Å²) in [7, 11) is 0. The van der Waals surface area contributed by atoms with Crippen molar-refractivity contribution in [2.75, 3.05) is 17.7 Å². The molecule has 0 amide bonds. The van der Waals surface area contributed by atoms with Crippen molar-refractivity contribution in [1.29, 1.82) is 0 Å². The summed E-state index contributed by atoms with van der Waals surface area (Å²) in [5, 5.41) is 2.98. The largest absolute Gasteiger partial charge is 0.370 e. The molecule has 1 aromatic carbocycles. The van der Waals surface area contributed by atoms with Gasteiger partial charge >= 0.3 is 0 Å². The number of nitrogens with two attached hydrogens (primary N) is 1. The van der Waals surface area contributed by atoms with Crippen molar-refractivity contribution < 1.29 is 0 Å². The zero-order valence-corrected chi connectivity index (χ0v) is 13.7. The molecule has 3 nitrogen and oxygen atoms in total. The Kier molecular flexibility index (Phi) is 5.67. The van der Waals surface area contributed by atoms with Crippen LogP contribution in [0.4, 0.5) is 5.69 Å². The van der Waals surface area contributed by atoms with Crippen LogP contribution in [0, 0.1) is 3.57 Å². The highest BCUT2D eigenvalue weighted by Crippen LogP contribution is 2.32. The van der Waals surface area contributed by atoms with Gasteiger partial charge in [0.2, 0.25) is 0 Å². The molecule has 0 fully saturated rings. The number of nitrogens with one attached hydrogen (secondary N) is 1. The van der Waals surface area contributed by atoms with E-state index < -0.39 is 0 Å². The molecule has 0 aromatic heterocycles. The molecule has 0 saturated carbocycles. The Hall–Kier alpha value is -1.27. The fourth-order valence-corrected chi connectivity index (χ4v) is 2.22. The molecule has 2 aliphatic rings. The lowest BCUT2D eigenvalue weighted by atomic mass is 10.3. The van der Waals surface area contributed by atoms with Gasteiger partial charge in [0.15, 0.2) is 5.96 Å². The molecule has 3 rings (SSSR count). The molecule has 0 saturated heterocycles. The van der Waals surface area contributed by atoms with E-state index in [1.54, 1.807) is 0 Å². The second-order valence-corrected chi connectivity index (χ2v) is 5.80. The third-order valence-electron chi connectivity index (χ3n) is 2.58. The average Bonchev–Trinajstić information content (AvgIpc) is 3.03. The minimum Gasteiger partial charge on any atom is -0.370 e. The Morgan fingerprint density at radius 2 is 1.85 bits per heavy atom. The smallest absolute Gasteiger partial charge is 0.193 e. The number of aliphatic imine (C=N–C) groups is 1. The number of nitrogens with zero attached hydrogens (tertiary/aromatic N) is 1. The summed E-state index contributed by atoms with van der Waals surface area (Å²) in [5.74, 6) is 0.877. The molecule has 0 spiro atoms. The number of benzene rings is 2. The Labute approximate surface area is 137 Å². The number of alkyl halides is 1. The summed E-state index contributed by atoms with van der Waals surface area (Å²) in [6.07, 6.45) is 0. The van der Waals surface area contributed by atoms with Gasteiger partial charge in [-0.3, -0.25) is 4.99 Å². The van der Waals surface area contributed by atoms with Crippen molar-refractivity contribution in [2.45, 2.75) is 0 Å². The molecule has 2 aliphatic carbocycles. The number of hydrogen-bond donors (Lipinski definition) is 2. The van der Waals surface area contributed by atoms with Crippen LogP contribution in [0.5, 0.6) is 0 Å². The maximum Gasteiger partial charge on any atom is 0.193 e. The average molecular weight is 400 g/mol. The molecule has 0 radical (unpaired) electrons. The molecule has 1 aromatic rings. The summed E-state index contributed by atoms with van der Waals surface area (Å²) >= 11 is 7.72. The van der Waals surface area contributed by atoms with Gasteiger partial charge in [0.05, 0.1) is 6.54 Å². The Bertz CT molecular complexity index is 596. The molecule has 0 atom stereocenters. The molecule has 5 heteroatoms. The van der Waals surface area contributed by atoms with E-state index >= 15 is 0 Å². The highest BCUT2D eigenvalue weighted by atomic mass is 127. The number of fused-ring (bicyclic) bond motifs is 1. The SMILES string of the molecule is NC(=NCCCl)Nc1cccc(I)c1.c1cc2cc-2c1. The third-order valence-corrected chi connectivity index (χ3v) is 3.42. The van der Waals surface area contributed by atoms with Gasteiger partial charge in [0, 0.05) is 15.1 Å². The maximum atomic E-state index is 5.62. The first kappa shape index (κ1) is 15.1. The van der Waals surface area contributed by atoms with Crippen LogP contribution < -0.4 is 11.1 Å². The van der Waals surface area contributed by atoms with Gasteiger partial charge in [-0.25, -0.2) is 0 Å². The Morgan fingerprint density at radius 1 is 1.15 bits per heavy atom. The minimum absolute atomic E-state index is 0.396. The van der Waals surface area contributed by atoms with E-state index in [2.05, 4.69) is 57.2 Å². The van der Waals surface area contributed by atoms with Crippen molar-refractivity contribution >= 4 is 45.8 Å². The zero-order valence-electron chi connectivity index (χ0n) is 10.8. The van der Waals surface area contributed by atoms with Crippen LogP contribution >= 0.6 is 34.2 Å². The second-order valence-electron chi connectivity index (χ2n) is 4.17. The molecule has 3 N–H and O–H groups in total. The van der Waals surface area contributed by atoms with Crippen LogP contribution in [0.2, 0.25) is 0 Å². The molecule has 0 unspecified atom stereocenters. The monoisotopic (exact) mass is 399 g/mol. The van der Waals surface area contributed by atoms with E-state index in [-0.39, 0.29) is 0 Å². The molecule has 0 bridgehead atoms. The maximum absolute atomic E-state index is 5.62. The van der Waals surface area contributed by atoms with E-state index in [4.69, 9.17) is 17.3 Å². The van der Waals surface area contributed by atoms with Crippen molar-refractivity contribution in [3.8, 4) is 11.1 Å². The highest BCUT2D eigenvalue weighted by molar-refractivity contribution is 14.1. The van der Waals surface area contributed by atoms with Crippen LogP contribution in [-0.2, 0) is 0 Å². The van der Waals surface area contributed by atoms with Crippen LogP contribution in [0.3, 0.4) is 0 Å². The van der Waals surface area contributed by atoms with Gasteiger partial charge in [-0.1, -0.05) is 24.3 Å². The van der Waals surface area contributed by atoms with E-state index in [0.717, 1.165) is 9.26 Å². The van der Waals surface area contributed by atoms with E-state index in [0.29, 0.717) is 18.4 Å². The number of guanidine groups is 1. The summed E-state index contributed by atoms with van der Waals surface area (Å²) in [6, 6.07) is 16.4. The van der Waals surface area contributed by atoms with Gasteiger partial charge in [-0.15, -0.1) is 11.6 Å². The molecule has 20 heavy (non-hydrogen) atoms.